The van der Waals surface area contributed by atoms with Gasteiger partial charge in [-0.25, -0.2) is 4.79 Å². The monoisotopic (exact) mass is 340 g/mol. The molecule has 3 heteroatoms. The standard InChI is InChI=1S/C21H21ClO2/c1-2-24-21(23)19-15-14-18(20(22)16-19)13-9-4-3-6-10-17-11-7-5-8-12-17/h5,7-8,11-12,14-16H,2-4,6,10H2,1H3. The molecule has 0 spiro atoms. The van der Waals surface area contributed by atoms with Gasteiger partial charge in [0.2, 0.25) is 0 Å². The number of aryl methyl sites for hydroxylation is 1. The Labute approximate surface area is 148 Å². The van der Waals surface area contributed by atoms with Gasteiger partial charge >= 0.3 is 5.97 Å². The van der Waals surface area contributed by atoms with Gasteiger partial charge in [0, 0.05) is 12.0 Å². The highest BCUT2D eigenvalue weighted by Gasteiger charge is 2.08. The van der Waals surface area contributed by atoms with E-state index < -0.39 is 0 Å². The second-order valence-electron chi connectivity index (χ2n) is 5.41. The topological polar surface area (TPSA) is 26.3 Å². The highest BCUT2D eigenvalue weighted by molar-refractivity contribution is 6.32. The van der Waals surface area contributed by atoms with Gasteiger partial charge in [-0.05, 0) is 49.9 Å². The number of hydrogen-bond donors (Lipinski definition) is 0. The number of esters is 1. The van der Waals surface area contributed by atoms with Gasteiger partial charge in [0.15, 0.2) is 0 Å². The van der Waals surface area contributed by atoms with Gasteiger partial charge < -0.3 is 4.74 Å². The lowest BCUT2D eigenvalue weighted by molar-refractivity contribution is 0.0526. The highest BCUT2D eigenvalue weighted by Crippen LogP contribution is 2.18. The van der Waals surface area contributed by atoms with Crippen LogP contribution in [0.5, 0.6) is 0 Å². The first-order chi connectivity index (χ1) is 11.7. The Morgan fingerprint density at radius 3 is 2.62 bits per heavy atom. The maximum atomic E-state index is 11.6. The van der Waals surface area contributed by atoms with Crippen molar-refractivity contribution in [1.29, 1.82) is 0 Å². The Kier molecular flexibility index (Phi) is 7.39. The van der Waals surface area contributed by atoms with Crippen LogP contribution in [0.2, 0.25) is 5.02 Å². The van der Waals surface area contributed by atoms with E-state index >= 15 is 0 Å². The van der Waals surface area contributed by atoms with Crippen LogP contribution in [0.1, 0.15) is 47.7 Å². The largest absolute Gasteiger partial charge is 0.462 e. The van der Waals surface area contributed by atoms with Crippen molar-refractivity contribution in [3.8, 4) is 11.8 Å². The molecule has 0 saturated carbocycles. The number of ether oxygens (including phenoxy) is 1. The van der Waals surface area contributed by atoms with Crippen molar-refractivity contribution >= 4 is 17.6 Å². The molecule has 0 heterocycles. The van der Waals surface area contributed by atoms with Crippen LogP contribution in [0.4, 0.5) is 0 Å². The summed E-state index contributed by atoms with van der Waals surface area (Å²) in [6.45, 7) is 2.12. The molecule has 0 aromatic heterocycles. The van der Waals surface area contributed by atoms with Crippen molar-refractivity contribution in [2.24, 2.45) is 0 Å². The maximum absolute atomic E-state index is 11.6. The van der Waals surface area contributed by atoms with Crippen LogP contribution < -0.4 is 0 Å². The Morgan fingerprint density at radius 1 is 1.12 bits per heavy atom. The molecule has 2 nitrogen and oxygen atoms in total. The number of halogens is 1. The van der Waals surface area contributed by atoms with E-state index in [9.17, 15) is 4.79 Å². The number of rotatable bonds is 6. The molecule has 0 aliphatic heterocycles. The molecule has 0 aliphatic rings. The Hall–Kier alpha value is -2.24. The van der Waals surface area contributed by atoms with Gasteiger partial charge in [0.25, 0.3) is 0 Å². The lowest BCUT2D eigenvalue weighted by Gasteiger charge is -2.03. The fourth-order valence-electron chi connectivity index (χ4n) is 2.30. The van der Waals surface area contributed by atoms with E-state index in [1.54, 1.807) is 25.1 Å². The molecule has 124 valence electrons. The number of carbonyl (C=O) groups is 1. The number of carbonyl (C=O) groups excluding carboxylic acids is 1. The SMILES string of the molecule is CCOC(=O)c1ccc(C#CCCCCc2ccccc2)c(Cl)c1. The molecule has 0 unspecified atom stereocenters. The van der Waals surface area contributed by atoms with Gasteiger partial charge in [0.1, 0.15) is 0 Å². The van der Waals surface area contributed by atoms with Crippen molar-refractivity contribution in [3.05, 3.63) is 70.2 Å². The summed E-state index contributed by atoms with van der Waals surface area (Å²) in [5.41, 5.74) is 2.56. The molecular weight excluding hydrogens is 320 g/mol. The smallest absolute Gasteiger partial charge is 0.338 e. The Bertz CT molecular complexity index is 726. The van der Waals surface area contributed by atoms with E-state index in [1.807, 2.05) is 6.07 Å². The molecule has 2 aromatic rings. The van der Waals surface area contributed by atoms with Gasteiger partial charge in [0.05, 0.1) is 17.2 Å². The van der Waals surface area contributed by atoms with Gasteiger partial charge in [-0.3, -0.25) is 0 Å². The van der Waals surface area contributed by atoms with Crippen molar-refractivity contribution in [2.75, 3.05) is 6.61 Å². The summed E-state index contributed by atoms with van der Waals surface area (Å²) in [4.78, 5) is 11.6. The molecule has 0 radical (unpaired) electrons. The maximum Gasteiger partial charge on any atom is 0.338 e. The fraction of sp³-hybridized carbons (Fsp3) is 0.286. The molecule has 0 N–H and O–H groups in total. The summed E-state index contributed by atoms with van der Waals surface area (Å²) in [7, 11) is 0. The number of hydrogen-bond acceptors (Lipinski definition) is 2. The molecule has 2 aromatic carbocycles. The summed E-state index contributed by atoms with van der Waals surface area (Å²) in [5.74, 6) is 5.87. The lowest BCUT2D eigenvalue weighted by atomic mass is 10.1. The molecule has 0 aliphatic carbocycles. The number of unbranched alkanes of at least 4 members (excludes halogenated alkanes) is 2. The highest BCUT2D eigenvalue weighted by atomic mass is 35.5. The van der Waals surface area contributed by atoms with Crippen LogP contribution in [0.3, 0.4) is 0 Å². The zero-order valence-corrected chi connectivity index (χ0v) is 14.6. The third kappa shape index (κ3) is 5.76. The van der Waals surface area contributed by atoms with E-state index in [-0.39, 0.29) is 5.97 Å². The molecule has 0 fully saturated rings. The predicted molar refractivity (Wildman–Crippen MR) is 98.3 cm³/mol. The minimum atomic E-state index is -0.361. The van der Waals surface area contributed by atoms with Crippen LogP contribution >= 0.6 is 11.6 Å². The summed E-state index contributed by atoms with van der Waals surface area (Å²) in [5, 5.41) is 0.484. The van der Waals surface area contributed by atoms with E-state index in [0.717, 1.165) is 31.2 Å². The van der Waals surface area contributed by atoms with Crippen molar-refractivity contribution in [2.45, 2.75) is 32.6 Å². The van der Waals surface area contributed by atoms with E-state index in [1.165, 1.54) is 5.56 Å². The first kappa shape index (κ1) is 18.1. The van der Waals surface area contributed by atoms with Gasteiger partial charge in [-0.15, -0.1) is 0 Å². The number of benzene rings is 2. The summed E-state index contributed by atoms with van der Waals surface area (Å²) >= 11 is 6.18. The van der Waals surface area contributed by atoms with E-state index in [4.69, 9.17) is 16.3 Å². The third-order valence-corrected chi connectivity index (χ3v) is 3.88. The quantitative estimate of drug-likeness (QED) is 0.406. The second-order valence-corrected chi connectivity index (χ2v) is 5.82. The minimum absolute atomic E-state index is 0.348. The summed E-state index contributed by atoms with van der Waals surface area (Å²) in [6.07, 6.45) is 4.09. The van der Waals surface area contributed by atoms with Gasteiger partial charge in [-0.1, -0.05) is 53.8 Å². The molecule has 0 bridgehead atoms. The van der Waals surface area contributed by atoms with Crippen molar-refractivity contribution < 1.29 is 9.53 Å². The fourth-order valence-corrected chi connectivity index (χ4v) is 2.53. The van der Waals surface area contributed by atoms with E-state index in [0.29, 0.717) is 17.2 Å². The summed E-state index contributed by atoms with van der Waals surface area (Å²) < 4.78 is 4.95. The van der Waals surface area contributed by atoms with Crippen LogP contribution in [0.15, 0.2) is 48.5 Å². The Morgan fingerprint density at radius 2 is 1.92 bits per heavy atom. The second kappa shape index (κ2) is 9.80. The normalized spacial score (nSPS) is 9.92. The van der Waals surface area contributed by atoms with Crippen molar-refractivity contribution in [1.82, 2.24) is 0 Å². The molecular formula is C21H21ClO2. The lowest BCUT2D eigenvalue weighted by Crippen LogP contribution is -2.04. The molecule has 0 amide bonds. The van der Waals surface area contributed by atoms with Crippen LogP contribution in [-0.2, 0) is 11.2 Å². The van der Waals surface area contributed by atoms with Crippen LogP contribution in [0, 0.1) is 11.8 Å². The zero-order chi connectivity index (χ0) is 17.2. The minimum Gasteiger partial charge on any atom is -0.462 e. The summed E-state index contributed by atoms with van der Waals surface area (Å²) in [6, 6.07) is 15.5. The first-order valence-electron chi connectivity index (χ1n) is 8.20. The van der Waals surface area contributed by atoms with Gasteiger partial charge in [-0.2, -0.15) is 0 Å². The molecule has 24 heavy (non-hydrogen) atoms. The first-order valence-corrected chi connectivity index (χ1v) is 8.58. The van der Waals surface area contributed by atoms with Crippen LogP contribution in [0.25, 0.3) is 0 Å². The van der Waals surface area contributed by atoms with E-state index in [2.05, 4.69) is 36.1 Å². The Balaban J connectivity index is 1.81. The predicted octanol–water partition coefficient (Wildman–Crippen LogP) is 5.28. The molecule has 2 rings (SSSR count). The molecule has 0 atom stereocenters. The zero-order valence-electron chi connectivity index (χ0n) is 13.8. The average Bonchev–Trinajstić information content (AvgIpc) is 2.60. The van der Waals surface area contributed by atoms with Crippen molar-refractivity contribution in [3.63, 3.8) is 0 Å². The molecule has 0 saturated heterocycles. The third-order valence-electron chi connectivity index (χ3n) is 3.56. The van der Waals surface area contributed by atoms with Crippen LogP contribution in [-0.4, -0.2) is 12.6 Å². The average molecular weight is 341 g/mol.